The molecule has 1 aliphatic heterocycles. The zero-order valence-electron chi connectivity index (χ0n) is 11.5. The first-order valence-electron chi connectivity index (χ1n) is 6.33. The van der Waals surface area contributed by atoms with Gasteiger partial charge >= 0.3 is 0 Å². The summed E-state index contributed by atoms with van der Waals surface area (Å²) in [7, 11) is 0. The SMILES string of the molecule is CC(=O)n1c(O)c(C)c2cc(C3=NNC(=O)SC3)ccc21. The Morgan fingerprint density at radius 3 is 2.86 bits per heavy atom. The molecule has 0 saturated carbocycles. The Hall–Kier alpha value is -2.28. The van der Waals surface area contributed by atoms with Crippen LogP contribution >= 0.6 is 11.8 Å². The number of carbonyl (C=O) groups is 2. The molecule has 0 spiro atoms. The van der Waals surface area contributed by atoms with Crippen molar-refractivity contribution in [2.24, 2.45) is 5.10 Å². The van der Waals surface area contributed by atoms with Crippen molar-refractivity contribution >= 4 is 39.5 Å². The van der Waals surface area contributed by atoms with Crippen LogP contribution in [0.2, 0.25) is 0 Å². The largest absolute Gasteiger partial charge is 0.494 e. The zero-order chi connectivity index (χ0) is 15.1. The third kappa shape index (κ3) is 2.19. The highest BCUT2D eigenvalue weighted by Gasteiger charge is 2.19. The lowest BCUT2D eigenvalue weighted by molar-refractivity contribution is 0.0933. The average Bonchev–Trinajstić information content (AvgIpc) is 2.71. The van der Waals surface area contributed by atoms with Crippen molar-refractivity contribution in [3.8, 4) is 5.88 Å². The number of nitrogens with zero attached hydrogens (tertiary/aromatic N) is 2. The number of rotatable bonds is 1. The molecule has 2 heterocycles. The van der Waals surface area contributed by atoms with Gasteiger partial charge in [0.1, 0.15) is 0 Å². The van der Waals surface area contributed by atoms with Crippen LogP contribution in [0.25, 0.3) is 10.9 Å². The van der Waals surface area contributed by atoms with Gasteiger partial charge in [-0.1, -0.05) is 17.8 Å². The molecule has 0 radical (unpaired) electrons. The van der Waals surface area contributed by atoms with Crippen LogP contribution < -0.4 is 5.43 Å². The number of carbonyl (C=O) groups excluding carboxylic acids is 2. The molecule has 1 aromatic carbocycles. The van der Waals surface area contributed by atoms with Gasteiger partial charge in [-0.2, -0.15) is 5.10 Å². The second-order valence-electron chi connectivity index (χ2n) is 4.78. The van der Waals surface area contributed by atoms with E-state index in [9.17, 15) is 14.7 Å². The number of aryl methyl sites for hydroxylation is 1. The van der Waals surface area contributed by atoms with Crippen molar-refractivity contribution in [2.75, 3.05) is 5.75 Å². The normalized spacial score (nSPS) is 15.0. The molecule has 0 fully saturated rings. The van der Waals surface area contributed by atoms with Crippen molar-refractivity contribution in [3.05, 3.63) is 29.3 Å². The highest BCUT2D eigenvalue weighted by Crippen LogP contribution is 2.31. The van der Waals surface area contributed by atoms with Gasteiger partial charge in [0.15, 0.2) is 0 Å². The third-order valence-corrected chi connectivity index (χ3v) is 4.23. The molecule has 1 aliphatic rings. The molecule has 0 aliphatic carbocycles. The Kier molecular flexibility index (Phi) is 3.21. The molecular weight excluding hydrogens is 290 g/mol. The number of hydrogen-bond donors (Lipinski definition) is 2. The van der Waals surface area contributed by atoms with E-state index in [0.717, 1.165) is 28.4 Å². The van der Waals surface area contributed by atoms with Crippen molar-refractivity contribution in [1.29, 1.82) is 0 Å². The van der Waals surface area contributed by atoms with Crippen LogP contribution in [0.3, 0.4) is 0 Å². The number of aromatic nitrogens is 1. The molecule has 1 aromatic heterocycles. The molecule has 21 heavy (non-hydrogen) atoms. The summed E-state index contributed by atoms with van der Waals surface area (Å²) in [4.78, 5) is 22.7. The maximum atomic E-state index is 11.6. The van der Waals surface area contributed by atoms with Crippen molar-refractivity contribution in [3.63, 3.8) is 0 Å². The maximum absolute atomic E-state index is 11.6. The lowest BCUT2D eigenvalue weighted by Crippen LogP contribution is -2.23. The number of nitrogens with one attached hydrogen (secondary N) is 1. The summed E-state index contributed by atoms with van der Waals surface area (Å²) in [6.07, 6.45) is 0. The van der Waals surface area contributed by atoms with E-state index < -0.39 is 0 Å². The second kappa shape index (κ2) is 4.92. The third-order valence-electron chi connectivity index (χ3n) is 3.46. The predicted molar refractivity (Wildman–Crippen MR) is 82.2 cm³/mol. The fourth-order valence-electron chi connectivity index (χ4n) is 2.39. The number of amides is 1. The Labute approximate surface area is 124 Å². The van der Waals surface area contributed by atoms with Crippen molar-refractivity contribution < 1.29 is 14.7 Å². The van der Waals surface area contributed by atoms with Gasteiger partial charge in [0, 0.05) is 23.6 Å². The van der Waals surface area contributed by atoms with Gasteiger partial charge in [0.25, 0.3) is 5.24 Å². The molecule has 6 nitrogen and oxygen atoms in total. The van der Waals surface area contributed by atoms with Crippen LogP contribution in [0.1, 0.15) is 22.8 Å². The molecule has 7 heteroatoms. The number of aromatic hydroxyl groups is 1. The fraction of sp³-hybridized carbons (Fsp3) is 0.214. The van der Waals surface area contributed by atoms with Gasteiger partial charge in [-0.05, 0) is 24.6 Å². The zero-order valence-corrected chi connectivity index (χ0v) is 12.3. The van der Waals surface area contributed by atoms with Crippen LogP contribution in [0.5, 0.6) is 5.88 Å². The molecule has 1 amide bonds. The molecule has 0 saturated heterocycles. The van der Waals surface area contributed by atoms with E-state index in [1.807, 2.05) is 12.1 Å². The van der Waals surface area contributed by atoms with Gasteiger partial charge in [0.05, 0.1) is 11.2 Å². The summed E-state index contributed by atoms with van der Waals surface area (Å²) >= 11 is 1.15. The van der Waals surface area contributed by atoms with Crippen LogP contribution in [0, 0.1) is 6.92 Å². The van der Waals surface area contributed by atoms with E-state index >= 15 is 0 Å². The van der Waals surface area contributed by atoms with E-state index in [4.69, 9.17) is 0 Å². The minimum atomic E-state index is -0.240. The average molecular weight is 303 g/mol. The summed E-state index contributed by atoms with van der Waals surface area (Å²) in [6, 6.07) is 5.49. The number of hydrogen-bond acceptors (Lipinski definition) is 5. The van der Waals surface area contributed by atoms with Crippen LogP contribution in [0.15, 0.2) is 23.3 Å². The Balaban J connectivity index is 2.15. The van der Waals surface area contributed by atoms with Crippen molar-refractivity contribution in [2.45, 2.75) is 13.8 Å². The molecule has 2 N–H and O–H groups in total. The lowest BCUT2D eigenvalue weighted by atomic mass is 10.1. The predicted octanol–water partition coefficient (Wildman–Crippen LogP) is 2.48. The lowest BCUT2D eigenvalue weighted by Gasteiger charge is -2.11. The Bertz CT molecular complexity index is 807. The number of thioether (sulfide) groups is 1. The number of benzene rings is 1. The molecule has 108 valence electrons. The van der Waals surface area contributed by atoms with Gasteiger partial charge in [-0.15, -0.1) is 0 Å². The standard InChI is InChI=1S/C14H13N3O3S/c1-7-10-5-9(11-6-21-14(20)16-15-11)3-4-12(10)17(8(2)18)13(7)19/h3-5,19H,6H2,1-2H3,(H,16,20). The smallest absolute Gasteiger partial charge is 0.299 e. The van der Waals surface area contributed by atoms with Gasteiger partial charge in [-0.3, -0.25) is 14.2 Å². The van der Waals surface area contributed by atoms with E-state index in [0.29, 0.717) is 16.8 Å². The van der Waals surface area contributed by atoms with Gasteiger partial charge < -0.3 is 5.11 Å². The van der Waals surface area contributed by atoms with Gasteiger partial charge in [0.2, 0.25) is 11.8 Å². The van der Waals surface area contributed by atoms with E-state index in [-0.39, 0.29) is 17.0 Å². The minimum absolute atomic E-state index is 0.0390. The molecule has 0 bridgehead atoms. The van der Waals surface area contributed by atoms with Crippen molar-refractivity contribution in [1.82, 2.24) is 9.99 Å². The quantitative estimate of drug-likeness (QED) is 0.847. The summed E-state index contributed by atoms with van der Waals surface area (Å²) < 4.78 is 1.29. The summed E-state index contributed by atoms with van der Waals surface area (Å²) in [5, 5.41) is 14.7. The highest BCUT2D eigenvalue weighted by atomic mass is 32.2. The maximum Gasteiger partial charge on any atom is 0.299 e. The monoisotopic (exact) mass is 303 g/mol. The Morgan fingerprint density at radius 2 is 2.24 bits per heavy atom. The first-order chi connectivity index (χ1) is 9.99. The second-order valence-corrected chi connectivity index (χ2v) is 5.73. The first kappa shape index (κ1) is 13.7. The molecular formula is C14H13N3O3S. The number of fused-ring (bicyclic) bond motifs is 1. The van der Waals surface area contributed by atoms with E-state index in [2.05, 4.69) is 10.5 Å². The van der Waals surface area contributed by atoms with Gasteiger partial charge in [-0.25, -0.2) is 5.43 Å². The summed E-state index contributed by atoms with van der Waals surface area (Å²) in [6.45, 7) is 3.17. The van der Waals surface area contributed by atoms with E-state index in [1.165, 1.54) is 11.5 Å². The van der Waals surface area contributed by atoms with Crippen LogP contribution in [-0.2, 0) is 0 Å². The summed E-state index contributed by atoms with van der Waals surface area (Å²) in [5.41, 5.74) is 5.36. The highest BCUT2D eigenvalue weighted by molar-refractivity contribution is 8.14. The summed E-state index contributed by atoms with van der Waals surface area (Å²) in [5.74, 6) is 0.217. The topological polar surface area (TPSA) is 83.7 Å². The number of hydrazone groups is 1. The minimum Gasteiger partial charge on any atom is -0.494 e. The Morgan fingerprint density at radius 1 is 1.48 bits per heavy atom. The molecule has 3 rings (SSSR count). The van der Waals surface area contributed by atoms with Crippen LogP contribution in [0.4, 0.5) is 4.79 Å². The molecule has 0 unspecified atom stereocenters. The molecule has 2 aromatic rings. The first-order valence-corrected chi connectivity index (χ1v) is 7.32. The van der Waals surface area contributed by atoms with Crippen LogP contribution in [-0.4, -0.2) is 32.3 Å². The molecule has 0 atom stereocenters. The van der Waals surface area contributed by atoms with E-state index in [1.54, 1.807) is 13.0 Å². The fourth-order valence-corrected chi connectivity index (χ4v) is 3.00.